The number of hydrogen-bond acceptors (Lipinski definition) is 3. The van der Waals surface area contributed by atoms with E-state index in [1.165, 1.54) is 24.1 Å². The molecule has 0 heterocycles. The number of nitrogens with zero attached hydrogens (tertiary/aromatic N) is 1. The number of aryl methyl sites for hydroxylation is 2. The van der Waals surface area contributed by atoms with E-state index in [1.54, 1.807) is 6.20 Å². The predicted octanol–water partition coefficient (Wildman–Crippen LogP) is 3.08. The van der Waals surface area contributed by atoms with Crippen LogP contribution in [0, 0.1) is 13.8 Å². The van der Waals surface area contributed by atoms with Gasteiger partial charge in [-0.3, -0.25) is 4.79 Å². The first-order valence-corrected chi connectivity index (χ1v) is 6.56. The quantitative estimate of drug-likeness (QED) is 0.662. The Balaban J connectivity index is 2.63. The third-order valence-electron chi connectivity index (χ3n) is 2.70. The van der Waals surface area contributed by atoms with Gasteiger partial charge in [-0.15, -0.1) is 0 Å². The van der Waals surface area contributed by atoms with Crippen molar-refractivity contribution in [3.8, 4) is 0 Å². The Bertz CT molecular complexity index is 489. The third-order valence-corrected chi connectivity index (χ3v) is 2.93. The van der Waals surface area contributed by atoms with Crippen LogP contribution in [0.25, 0.3) is 0 Å². The van der Waals surface area contributed by atoms with Gasteiger partial charge in [-0.1, -0.05) is 30.4 Å². The molecule has 0 amide bonds. The van der Waals surface area contributed by atoms with Gasteiger partial charge in [0.2, 0.25) is 0 Å². The molecular weight excluding hydrogens is 256 g/mol. The number of carbonyl (C=O) groups is 1. The molecule has 0 saturated carbocycles. The first-order valence-electron chi connectivity index (χ1n) is 6.15. The molecule has 0 unspecified atom stereocenters. The lowest BCUT2D eigenvalue weighted by Crippen LogP contribution is -2.25. The molecule has 0 fully saturated rings. The minimum atomic E-state index is 0.0282. The fraction of sp³-hybridized carbons (Fsp3) is 0.333. The van der Waals surface area contributed by atoms with Crippen LogP contribution in [0.3, 0.4) is 0 Å². The first-order chi connectivity index (χ1) is 8.90. The SMILES string of the molecule is CC(=O)/C=C\N(C)CC(=S)Nc1c(C)cccc1C. The van der Waals surface area contributed by atoms with Gasteiger partial charge in [0.25, 0.3) is 0 Å². The van der Waals surface area contributed by atoms with Crippen molar-refractivity contribution in [2.24, 2.45) is 0 Å². The molecule has 3 nitrogen and oxygen atoms in total. The topological polar surface area (TPSA) is 32.3 Å². The fourth-order valence-corrected chi connectivity index (χ4v) is 2.01. The Morgan fingerprint density at radius 1 is 1.37 bits per heavy atom. The lowest BCUT2D eigenvalue weighted by molar-refractivity contribution is -0.112. The van der Waals surface area contributed by atoms with Gasteiger partial charge in [0.05, 0.1) is 11.5 Å². The smallest absolute Gasteiger partial charge is 0.154 e. The summed E-state index contributed by atoms with van der Waals surface area (Å²) in [6.45, 7) is 6.21. The largest absolute Gasteiger partial charge is 0.374 e. The molecule has 1 N–H and O–H groups in total. The van der Waals surface area contributed by atoms with Crippen LogP contribution in [0.15, 0.2) is 30.5 Å². The van der Waals surface area contributed by atoms with Crippen molar-refractivity contribution in [3.63, 3.8) is 0 Å². The molecule has 0 aromatic heterocycles. The number of nitrogens with one attached hydrogen (secondary N) is 1. The lowest BCUT2D eigenvalue weighted by Gasteiger charge is -2.18. The number of ketones is 1. The molecule has 0 radical (unpaired) electrons. The molecule has 102 valence electrons. The summed E-state index contributed by atoms with van der Waals surface area (Å²) in [6.07, 6.45) is 3.27. The highest BCUT2D eigenvalue weighted by Crippen LogP contribution is 2.19. The molecule has 0 bridgehead atoms. The average molecular weight is 276 g/mol. The van der Waals surface area contributed by atoms with E-state index in [1.807, 2.05) is 18.0 Å². The average Bonchev–Trinajstić information content (AvgIpc) is 2.31. The Kier molecular flexibility index (Phi) is 5.70. The van der Waals surface area contributed by atoms with E-state index in [2.05, 4.69) is 31.3 Å². The van der Waals surface area contributed by atoms with Crippen molar-refractivity contribution in [3.05, 3.63) is 41.6 Å². The van der Waals surface area contributed by atoms with Crippen LogP contribution in [0.5, 0.6) is 0 Å². The Labute approximate surface area is 120 Å². The highest BCUT2D eigenvalue weighted by molar-refractivity contribution is 7.80. The molecule has 1 rings (SSSR count). The summed E-state index contributed by atoms with van der Waals surface area (Å²) in [5.41, 5.74) is 3.41. The summed E-state index contributed by atoms with van der Waals surface area (Å²) in [4.78, 5) is 13.5. The summed E-state index contributed by atoms with van der Waals surface area (Å²) >= 11 is 5.34. The molecule has 0 aliphatic rings. The van der Waals surface area contributed by atoms with E-state index in [9.17, 15) is 4.79 Å². The number of rotatable bonds is 5. The molecular formula is C15H20N2OS. The first kappa shape index (κ1) is 15.4. The van der Waals surface area contributed by atoms with Gasteiger partial charge >= 0.3 is 0 Å². The van der Waals surface area contributed by atoms with E-state index in [0.29, 0.717) is 6.54 Å². The summed E-state index contributed by atoms with van der Waals surface area (Å²) in [7, 11) is 1.89. The molecule has 4 heteroatoms. The standard InChI is InChI=1S/C15H20N2OS/c1-11-6-5-7-12(2)15(11)16-14(19)10-17(4)9-8-13(3)18/h5-9H,10H2,1-4H3,(H,16,19)/b9-8-. The molecule has 0 saturated heterocycles. The zero-order valence-corrected chi connectivity index (χ0v) is 12.7. The van der Waals surface area contributed by atoms with Crippen LogP contribution in [-0.2, 0) is 4.79 Å². The summed E-state index contributed by atoms with van der Waals surface area (Å²) in [6, 6.07) is 6.13. The minimum Gasteiger partial charge on any atom is -0.374 e. The molecule has 1 aromatic rings. The Morgan fingerprint density at radius 3 is 2.47 bits per heavy atom. The van der Waals surface area contributed by atoms with E-state index in [4.69, 9.17) is 12.2 Å². The number of carbonyl (C=O) groups excluding carboxylic acids is 1. The lowest BCUT2D eigenvalue weighted by atomic mass is 10.1. The summed E-state index contributed by atoms with van der Waals surface area (Å²) < 4.78 is 0. The number of hydrogen-bond donors (Lipinski definition) is 1. The van der Waals surface area contributed by atoms with Crippen molar-refractivity contribution >= 4 is 28.7 Å². The van der Waals surface area contributed by atoms with E-state index in [-0.39, 0.29) is 5.78 Å². The molecule has 1 aromatic carbocycles. The van der Waals surface area contributed by atoms with Gasteiger partial charge in [0.1, 0.15) is 0 Å². The number of benzene rings is 1. The van der Waals surface area contributed by atoms with Crippen LogP contribution in [-0.4, -0.2) is 29.3 Å². The molecule has 0 aliphatic carbocycles. The molecule has 0 spiro atoms. The van der Waals surface area contributed by atoms with Crippen LogP contribution < -0.4 is 5.32 Å². The maximum absolute atomic E-state index is 10.9. The normalized spacial score (nSPS) is 10.5. The number of allylic oxidation sites excluding steroid dienone is 1. The number of likely N-dealkylation sites (N-methyl/N-ethyl adjacent to an activating group) is 1. The number of thiocarbonyl (C=S) groups is 1. The summed E-state index contributed by atoms with van der Waals surface area (Å²) in [5, 5.41) is 3.27. The highest BCUT2D eigenvalue weighted by Gasteiger charge is 2.05. The second kappa shape index (κ2) is 7.04. The summed E-state index contributed by atoms with van der Waals surface area (Å²) in [5.74, 6) is 0.0282. The van der Waals surface area contributed by atoms with Crippen LogP contribution in [0.1, 0.15) is 18.1 Å². The Hall–Kier alpha value is -1.68. The molecule has 0 atom stereocenters. The van der Waals surface area contributed by atoms with Gasteiger partial charge in [-0.2, -0.15) is 0 Å². The second-order valence-electron chi connectivity index (χ2n) is 4.66. The van der Waals surface area contributed by atoms with Gasteiger partial charge in [0, 0.05) is 18.9 Å². The zero-order chi connectivity index (χ0) is 14.4. The van der Waals surface area contributed by atoms with Crippen LogP contribution >= 0.6 is 12.2 Å². The highest BCUT2D eigenvalue weighted by atomic mass is 32.1. The van der Waals surface area contributed by atoms with Gasteiger partial charge < -0.3 is 10.2 Å². The van der Waals surface area contributed by atoms with E-state index >= 15 is 0 Å². The van der Waals surface area contributed by atoms with E-state index in [0.717, 1.165) is 10.7 Å². The third kappa shape index (κ3) is 5.22. The van der Waals surface area contributed by atoms with Crippen LogP contribution in [0.4, 0.5) is 5.69 Å². The number of anilines is 1. The van der Waals surface area contributed by atoms with Crippen LogP contribution in [0.2, 0.25) is 0 Å². The fourth-order valence-electron chi connectivity index (χ4n) is 1.70. The maximum atomic E-state index is 10.9. The van der Waals surface area contributed by atoms with E-state index < -0.39 is 0 Å². The maximum Gasteiger partial charge on any atom is 0.154 e. The van der Waals surface area contributed by atoms with Crippen molar-refractivity contribution in [2.45, 2.75) is 20.8 Å². The van der Waals surface area contributed by atoms with Gasteiger partial charge in [-0.05, 0) is 38.0 Å². The van der Waals surface area contributed by atoms with Crippen molar-refractivity contribution < 1.29 is 4.79 Å². The number of para-hydroxylation sites is 1. The predicted molar refractivity (Wildman–Crippen MR) is 84.6 cm³/mol. The minimum absolute atomic E-state index is 0.0282. The molecule has 19 heavy (non-hydrogen) atoms. The zero-order valence-electron chi connectivity index (χ0n) is 11.9. The monoisotopic (exact) mass is 276 g/mol. The molecule has 0 aliphatic heterocycles. The van der Waals surface area contributed by atoms with Crippen molar-refractivity contribution in [1.29, 1.82) is 0 Å². The second-order valence-corrected chi connectivity index (χ2v) is 5.15. The van der Waals surface area contributed by atoms with Gasteiger partial charge in [0.15, 0.2) is 5.78 Å². The van der Waals surface area contributed by atoms with Crippen molar-refractivity contribution in [2.75, 3.05) is 18.9 Å². The van der Waals surface area contributed by atoms with Gasteiger partial charge in [-0.25, -0.2) is 0 Å². The Morgan fingerprint density at radius 2 is 1.95 bits per heavy atom. The van der Waals surface area contributed by atoms with Crippen molar-refractivity contribution in [1.82, 2.24) is 4.90 Å².